The normalized spacial score (nSPS) is 9.83. The van der Waals surface area contributed by atoms with Gasteiger partial charge in [0.05, 0.1) is 9.26 Å². The van der Waals surface area contributed by atoms with Crippen LogP contribution in [0.2, 0.25) is 0 Å². The van der Waals surface area contributed by atoms with E-state index in [1.54, 1.807) is 6.07 Å². The maximum atomic E-state index is 11.0. The number of ketones is 1. The molecule has 0 aliphatic rings. The number of phenols is 1. The van der Waals surface area contributed by atoms with Crippen molar-refractivity contribution in [3.63, 3.8) is 0 Å². The van der Waals surface area contributed by atoms with Gasteiger partial charge in [-0.2, -0.15) is 0 Å². The fraction of sp³-hybridized carbons (Fsp3) is 0.125. The Morgan fingerprint density at radius 3 is 2.67 bits per heavy atom. The predicted octanol–water partition coefficient (Wildman–Crippen LogP) is 1.78. The Kier molecular flexibility index (Phi) is 2.56. The molecule has 0 fully saturated rings. The number of nitrogen functional groups attached to an aromatic ring is 1. The van der Waals surface area contributed by atoms with Gasteiger partial charge in [0, 0.05) is 5.56 Å². The van der Waals surface area contributed by atoms with Gasteiger partial charge in [-0.15, -0.1) is 0 Å². The van der Waals surface area contributed by atoms with E-state index in [0.717, 1.165) is 0 Å². The van der Waals surface area contributed by atoms with Crippen LogP contribution in [0.1, 0.15) is 17.3 Å². The van der Waals surface area contributed by atoms with E-state index in [2.05, 4.69) is 0 Å². The van der Waals surface area contributed by atoms with Gasteiger partial charge in [0.25, 0.3) is 0 Å². The van der Waals surface area contributed by atoms with Crippen molar-refractivity contribution in [2.24, 2.45) is 0 Å². The minimum Gasteiger partial charge on any atom is -0.505 e. The topological polar surface area (TPSA) is 63.3 Å². The van der Waals surface area contributed by atoms with E-state index in [-0.39, 0.29) is 11.5 Å². The molecule has 0 unspecified atom stereocenters. The third-order valence-electron chi connectivity index (χ3n) is 1.53. The summed E-state index contributed by atoms with van der Waals surface area (Å²) in [5.74, 6) is -0.0852. The number of halogens is 1. The maximum Gasteiger partial charge on any atom is 0.161 e. The smallest absolute Gasteiger partial charge is 0.161 e. The van der Waals surface area contributed by atoms with Gasteiger partial charge >= 0.3 is 0 Å². The Hall–Kier alpha value is -0.780. The number of nitrogens with two attached hydrogens (primary N) is 1. The summed E-state index contributed by atoms with van der Waals surface area (Å²) in [6.07, 6.45) is 0. The molecular formula is C8H8INO2. The molecule has 3 N–H and O–H groups in total. The van der Waals surface area contributed by atoms with E-state index in [9.17, 15) is 9.90 Å². The lowest BCUT2D eigenvalue weighted by atomic mass is 10.1. The number of hydrogen-bond acceptors (Lipinski definition) is 3. The van der Waals surface area contributed by atoms with E-state index < -0.39 is 0 Å². The van der Waals surface area contributed by atoms with Crippen LogP contribution < -0.4 is 5.73 Å². The van der Waals surface area contributed by atoms with Crippen molar-refractivity contribution in [3.05, 3.63) is 21.3 Å². The number of carbonyl (C=O) groups is 1. The maximum absolute atomic E-state index is 11.0. The molecule has 0 heterocycles. The average Bonchev–Trinajstić information content (AvgIpc) is 2.00. The summed E-state index contributed by atoms with van der Waals surface area (Å²) in [5.41, 5.74) is 6.22. The highest BCUT2D eigenvalue weighted by atomic mass is 127. The van der Waals surface area contributed by atoms with Crippen molar-refractivity contribution in [2.75, 3.05) is 5.73 Å². The predicted molar refractivity (Wildman–Crippen MR) is 55.2 cm³/mol. The van der Waals surface area contributed by atoms with Crippen molar-refractivity contribution in [1.82, 2.24) is 0 Å². The van der Waals surface area contributed by atoms with Gasteiger partial charge in [-0.25, -0.2) is 0 Å². The molecule has 0 amide bonds. The molecule has 0 radical (unpaired) electrons. The lowest BCUT2D eigenvalue weighted by Gasteiger charge is -2.04. The van der Waals surface area contributed by atoms with Crippen LogP contribution in [0.5, 0.6) is 5.75 Å². The molecule has 3 nitrogen and oxygen atoms in total. The highest BCUT2D eigenvalue weighted by Gasteiger charge is 2.10. The summed E-state index contributed by atoms with van der Waals surface area (Å²) >= 11 is 1.89. The van der Waals surface area contributed by atoms with Crippen LogP contribution >= 0.6 is 22.6 Å². The second-order valence-corrected chi connectivity index (χ2v) is 3.50. The number of anilines is 1. The molecule has 0 atom stereocenters. The molecule has 0 aliphatic heterocycles. The number of benzene rings is 1. The Labute approximate surface area is 83.7 Å². The molecule has 0 aromatic heterocycles. The summed E-state index contributed by atoms with van der Waals surface area (Å²) in [7, 11) is 0. The van der Waals surface area contributed by atoms with Gasteiger partial charge in [0.15, 0.2) is 11.5 Å². The largest absolute Gasteiger partial charge is 0.505 e. The number of Topliss-reactive ketones (excluding diaryl/α,β-unsaturated/α-hetero) is 1. The number of aromatic hydroxyl groups is 1. The van der Waals surface area contributed by atoms with E-state index in [4.69, 9.17) is 5.73 Å². The van der Waals surface area contributed by atoms with E-state index in [1.807, 2.05) is 22.6 Å². The molecule has 0 saturated carbocycles. The standard InChI is InChI=1S/C8H8INO2/c1-4(11)5-2-3-6(10)8(12)7(5)9/h2-3,12H,10H2,1H3. The highest BCUT2D eigenvalue weighted by molar-refractivity contribution is 14.1. The van der Waals surface area contributed by atoms with Gasteiger partial charge < -0.3 is 10.8 Å². The first kappa shape index (κ1) is 9.31. The summed E-state index contributed by atoms with van der Waals surface area (Å²) in [5, 5.41) is 9.35. The summed E-state index contributed by atoms with van der Waals surface area (Å²) in [6, 6.07) is 3.13. The van der Waals surface area contributed by atoms with E-state index >= 15 is 0 Å². The minimum atomic E-state index is -0.0744. The van der Waals surface area contributed by atoms with Crippen LogP contribution in [-0.4, -0.2) is 10.9 Å². The second kappa shape index (κ2) is 3.30. The number of rotatable bonds is 1. The molecule has 1 rings (SSSR count). The average molecular weight is 277 g/mol. The van der Waals surface area contributed by atoms with Crippen molar-refractivity contribution >= 4 is 34.1 Å². The Bertz CT molecular complexity index is 336. The zero-order valence-corrected chi connectivity index (χ0v) is 8.62. The second-order valence-electron chi connectivity index (χ2n) is 2.42. The van der Waals surface area contributed by atoms with Crippen molar-refractivity contribution in [3.8, 4) is 5.75 Å². The van der Waals surface area contributed by atoms with Crippen molar-refractivity contribution in [1.29, 1.82) is 0 Å². The Balaban J connectivity index is 3.36. The Morgan fingerprint density at radius 1 is 1.58 bits per heavy atom. The molecule has 64 valence electrons. The molecule has 1 aromatic carbocycles. The zero-order chi connectivity index (χ0) is 9.30. The third-order valence-corrected chi connectivity index (χ3v) is 2.62. The van der Waals surface area contributed by atoms with Gasteiger partial charge in [-0.05, 0) is 41.6 Å². The lowest BCUT2D eigenvalue weighted by molar-refractivity contribution is 0.101. The Morgan fingerprint density at radius 2 is 2.17 bits per heavy atom. The van der Waals surface area contributed by atoms with Crippen LogP contribution in [0.15, 0.2) is 12.1 Å². The monoisotopic (exact) mass is 277 g/mol. The molecule has 1 aromatic rings. The summed E-state index contributed by atoms with van der Waals surface area (Å²) < 4.78 is 0.514. The molecule has 0 saturated heterocycles. The molecular weight excluding hydrogens is 269 g/mol. The first-order valence-corrected chi connectivity index (χ1v) is 4.39. The van der Waals surface area contributed by atoms with Gasteiger partial charge in [-0.3, -0.25) is 4.79 Å². The molecule has 4 heteroatoms. The van der Waals surface area contributed by atoms with Gasteiger partial charge in [-0.1, -0.05) is 0 Å². The van der Waals surface area contributed by atoms with Crippen LogP contribution in [0.4, 0.5) is 5.69 Å². The van der Waals surface area contributed by atoms with E-state index in [0.29, 0.717) is 14.8 Å². The molecule has 0 spiro atoms. The fourth-order valence-corrected chi connectivity index (χ4v) is 1.72. The molecule has 0 aliphatic carbocycles. The highest BCUT2D eigenvalue weighted by Crippen LogP contribution is 2.29. The first-order chi connectivity index (χ1) is 5.54. The van der Waals surface area contributed by atoms with Crippen LogP contribution in [-0.2, 0) is 0 Å². The summed E-state index contributed by atoms with van der Waals surface area (Å²) in [6.45, 7) is 1.45. The quantitative estimate of drug-likeness (QED) is 0.356. The van der Waals surface area contributed by atoms with Crippen LogP contribution in [0.25, 0.3) is 0 Å². The number of hydrogen-bond donors (Lipinski definition) is 2. The van der Waals surface area contributed by atoms with Crippen molar-refractivity contribution in [2.45, 2.75) is 6.92 Å². The molecule has 0 bridgehead atoms. The van der Waals surface area contributed by atoms with Crippen LogP contribution in [0, 0.1) is 3.57 Å². The summed E-state index contributed by atoms with van der Waals surface area (Å²) in [4.78, 5) is 11.0. The van der Waals surface area contributed by atoms with E-state index in [1.165, 1.54) is 13.0 Å². The fourth-order valence-electron chi connectivity index (χ4n) is 0.851. The lowest BCUT2D eigenvalue weighted by Crippen LogP contribution is -1.98. The van der Waals surface area contributed by atoms with Crippen LogP contribution in [0.3, 0.4) is 0 Å². The molecule has 12 heavy (non-hydrogen) atoms. The number of phenolic OH excluding ortho intramolecular Hbond substituents is 1. The zero-order valence-electron chi connectivity index (χ0n) is 6.47. The number of carbonyl (C=O) groups excluding carboxylic acids is 1. The van der Waals surface area contributed by atoms with Crippen molar-refractivity contribution < 1.29 is 9.90 Å². The minimum absolute atomic E-state index is 0.0108. The van der Waals surface area contributed by atoms with Gasteiger partial charge in [0.2, 0.25) is 0 Å². The first-order valence-electron chi connectivity index (χ1n) is 3.32. The third kappa shape index (κ3) is 1.52. The SMILES string of the molecule is CC(=O)c1ccc(N)c(O)c1I. The van der Waals surface area contributed by atoms with Gasteiger partial charge in [0.1, 0.15) is 0 Å².